The van der Waals surface area contributed by atoms with E-state index in [1.807, 2.05) is 13.8 Å². The lowest BCUT2D eigenvalue weighted by atomic mass is 9.97. The molecule has 4 N–H and O–H groups in total. The Morgan fingerprint density at radius 3 is 1.37 bits per heavy atom. The molecule has 264 valence electrons. The summed E-state index contributed by atoms with van der Waals surface area (Å²) in [5, 5.41) is 20.5. The summed E-state index contributed by atoms with van der Waals surface area (Å²) in [6.07, 6.45) is 14.7. The third-order valence-electron chi connectivity index (χ3n) is 8.68. The van der Waals surface area contributed by atoms with Gasteiger partial charge in [0.25, 0.3) is 0 Å². The molecule has 0 spiro atoms. The van der Waals surface area contributed by atoms with Gasteiger partial charge in [0.15, 0.2) is 11.9 Å². The minimum atomic E-state index is -2.72. The first-order valence-corrected chi connectivity index (χ1v) is 17.2. The molecular formula is C34H62N6O6. The molecule has 2 aliphatic rings. The molecule has 12 nitrogen and oxygen atoms in total. The van der Waals surface area contributed by atoms with Gasteiger partial charge in [-0.25, -0.2) is 0 Å². The third kappa shape index (κ3) is 18.7. The van der Waals surface area contributed by atoms with Crippen LogP contribution in [0, 0.1) is 22.7 Å². The van der Waals surface area contributed by atoms with Crippen LogP contribution < -0.4 is 10.6 Å². The zero-order valence-electron chi connectivity index (χ0n) is 31.9. The van der Waals surface area contributed by atoms with Crippen LogP contribution in [0.15, 0.2) is 0 Å². The molecule has 0 aliphatic carbocycles. The van der Waals surface area contributed by atoms with Gasteiger partial charge in [0.2, 0.25) is 11.8 Å². The maximum atomic E-state index is 12.1. The summed E-state index contributed by atoms with van der Waals surface area (Å²) >= 11 is 0. The predicted molar refractivity (Wildman–Crippen MR) is 180 cm³/mol. The molecule has 0 radical (unpaired) electrons. The van der Waals surface area contributed by atoms with Gasteiger partial charge in [-0.1, -0.05) is 78.1 Å². The molecule has 0 unspecified atom stereocenters. The number of nitrogens with zero attached hydrogens (tertiary/aromatic N) is 2. The Labute approximate surface area is 281 Å². The monoisotopic (exact) mass is 653 g/mol. The Kier molecular flexibility index (Phi) is 18.0. The molecule has 2 heterocycles. The van der Waals surface area contributed by atoms with Gasteiger partial charge in [0.05, 0.1) is 0 Å². The number of carbonyl (C=O) groups excluding carboxylic acids is 4. The fourth-order valence-electron chi connectivity index (χ4n) is 5.14. The van der Waals surface area contributed by atoms with E-state index >= 15 is 0 Å². The maximum absolute atomic E-state index is 12.1. The van der Waals surface area contributed by atoms with Gasteiger partial charge < -0.3 is 19.3 Å². The molecule has 0 aromatic heterocycles. The minimum Gasteiger partial charge on any atom is -0.461 e. The Morgan fingerprint density at radius 1 is 0.609 bits per heavy atom. The first kappa shape index (κ1) is 35.7. The number of likely N-dealkylation sites (N-methyl/N-ethyl adjacent to an activating group) is 2. The highest BCUT2D eigenvalue weighted by molar-refractivity contribution is 5.97. The quantitative estimate of drug-likeness (QED) is 0.254. The highest BCUT2D eigenvalue weighted by Crippen LogP contribution is 2.19. The van der Waals surface area contributed by atoms with Crippen molar-refractivity contribution in [1.29, 1.82) is 10.8 Å². The summed E-state index contributed by atoms with van der Waals surface area (Å²) in [7, 11) is 1.60. The van der Waals surface area contributed by atoms with Crippen LogP contribution in [-0.4, -0.2) is 84.8 Å². The van der Waals surface area contributed by atoms with E-state index in [1.54, 1.807) is 14.0 Å². The maximum Gasteiger partial charge on any atom is 0.325 e. The van der Waals surface area contributed by atoms with Crippen LogP contribution in [0.4, 0.5) is 0 Å². The van der Waals surface area contributed by atoms with Crippen molar-refractivity contribution in [3.63, 3.8) is 0 Å². The van der Waals surface area contributed by atoms with Crippen molar-refractivity contribution in [2.45, 2.75) is 143 Å². The van der Waals surface area contributed by atoms with E-state index in [9.17, 15) is 19.2 Å². The first-order chi connectivity index (χ1) is 23.0. The fourth-order valence-corrected chi connectivity index (χ4v) is 5.14. The Bertz CT molecular complexity index is 1080. The Morgan fingerprint density at radius 2 is 0.957 bits per heavy atom. The van der Waals surface area contributed by atoms with E-state index in [0.29, 0.717) is 23.7 Å². The van der Waals surface area contributed by atoms with Crippen molar-refractivity contribution in [3.05, 3.63) is 0 Å². The van der Waals surface area contributed by atoms with Gasteiger partial charge in [-0.3, -0.25) is 40.6 Å². The van der Waals surface area contributed by atoms with Crippen molar-refractivity contribution in [2.75, 3.05) is 27.1 Å². The normalized spacial score (nSPS) is 28.3. The largest absolute Gasteiger partial charge is 0.461 e. The van der Waals surface area contributed by atoms with Crippen LogP contribution in [0.25, 0.3) is 0 Å². The summed E-state index contributed by atoms with van der Waals surface area (Å²) in [4.78, 5) is 49.8. The molecule has 0 saturated carbocycles. The summed E-state index contributed by atoms with van der Waals surface area (Å²) in [5.41, 5.74) is 0. The first-order valence-electron chi connectivity index (χ1n) is 18.7. The van der Waals surface area contributed by atoms with Gasteiger partial charge in [-0.2, -0.15) is 0 Å². The number of hydrogen-bond acceptors (Lipinski definition) is 8. The molecule has 0 aromatic rings. The molecule has 2 rings (SSSR count). The molecular weight excluding hydrogens is 588 g/mol. The molecule has 0 bridgehead atoms. The summed E-state index contributed by atoms with van der Waals surface area (Å²) in [5.74, 6) is -1.81. The van der Waals surface area contributed by atoms with Crippen LogP contribution in [0.2, 0.25) is 0 Å². The Hall–Kier alpha value is -3.18. The second-order valence-corrected chi connectivity index (χ2v) is 12.9. The van der Waals surface area contributed by atoms with Crippen molar-refractivity contribution < 1.29 is 32.8 Å². The van der Waals surface area contributed by atoms with E-state index in [1.165, 1.54) is 17.7 Å². The number of nitrogens with one attached hydrogen (secondary N) is 4. The van der Waals surface area contributed by atoms with Crippen molar-refractivity contribution in [1.82, 2.24) is 20.4 Å². The second-order valence-electron chi connectivity index (χ2n) is 12.9. The van der Waals surface area contributed by atoms with E-state index in [0.717, 1.165) is 70.6 Å². The van der Waals surface area contributed by atoms with Crippen molar-refractivity contribution in [3.8, 4) is 0 Å². The van der Waals surface area contributed by atoms with E-state index in [-0.39, 0.29) is 48.9 Å². The van der Waals surface area contributed by atoms with E-state index in [4.69, 9.17) is 24.4 Å². The fraction of sp³-hybridized carbons (Fsp3) is 0.824. The zero-order chi connectivity index (χ0) is 37.0. The highest BCUT2D eigenvalue weighted by atomic mass is 16.5. The molecule has 2 saturated heterocycles. The van der Waals surface area contributed by atoms with Crippen LogP contribution in [0.1, 0.15) is 135 Å². The number of amides is 2. The van der Waals surface area contributed by atoms with Gasteiger partial charge in [-0.15, -0.1) is 0 Å². The number of carbonyl (C=O) groups is 4. The second kappa shape index (κ2) is 23.2. The molecule has 12 heteroatoms. The van der Waals surface area contributed by atoms with Gasteiger partial charge in [0.1, 0.15) is 25.3 Å². The lowest BCUT2D eigenvalue weighted by molar-refractivity contribution is -0.151. The third-order valence-corrected chi connectivity index (χ3v) is 8.68. The molecule has 0 aromatic carbocycles. The van der Waals surface area contributed by atoms with Crippen molar-refractivity contribution >= 4 is 35.7 Å². The average Bonchev–Trinajstić information content (AvgIpc) is 3.00. The summed E-state index contributed by atoms with van der Waals surface area (Å²) in [6, 6.07) is 0. The van der Waals surface area contributed by atoms with E-state index < -0.39 is 31.4 Å². The Balaban J connectivity index is 0.000000494. The highest BCUT2D eigenvalue weighted by Gasteiger charge is 2.21. The molecule has 2 amide bonds. The number of ether oxygens (including phenoxy) is 2. The lowest BCUT2D eigenvalue weighted by Crippen LogP contribution is -2.44. The van der Waals surface area contributed by atoms with Gasteiger partial charge in [0, 0.05) is 31.0 Å². The average molecular weight is 654 g/mol. The molecule has 2 fully saturated rings. The lowest BCUT2D eigenvalue weighted by Gasteiger charge is -2.23. The number of esters is 2. The number of hydrogen-bond donors (Lipinski definition) is 4. The number of cyclic esters (lactones) is 2. The predicted octanol–water partition coefficient (Wildman–Crippen LogP) is 5.34. The standard InChI is InChI=1S/2C17H31N3O3/c2*1-13-10-8-6-4-5-7-9-11-15(21)19-17(18)20(3)12-16(22)23-14(13)2/h2*13-14H,4-12H2,1-3H3,(H2,18,19,21)/t2*13-,14-/m11/s1/i3D3;. The number of guanidine groups is 2. The SMILES string of the molecule is C[C@@H]1CCCCCCCCC(=O)NC(=N)N(C)CC(=O)O[C@@H]1C.[2H]C([2H])([2H])N1CC(=O)O[C@H](C)[C@H](C)CCCCCCCCC(=O)NC1=N. The van der Waals surface area contributed by atoms with Crippen LogP contribution in [-0.2, 0) is 28.7 Å². The minimum absolute atomic E-state index is 0.0316. The topological polar surface area (TPSA) is 165 Å². The van der Waals surface area contributed by atoms with Crippen LogP contribution in [0.5, 0.6) is 0 Å². The zero-order valence-corrected chi connectivity index (χ0v) is 28.9. The van der Waals surface area contributed by atoms with Crippen LogP contribution in [0.3, 0.4) is 0 Å². The molecule has 46 heavy (non-hydrogen) atoms. The van der Waals surface area contributed by atoms with E-state index in [2.05, 4.69) is 17.6 Å². The van der Waals surface area contributed by atoms with Crippen molar-refractivity contribution in [2.24, 2.45) is 11.8 Å². The molecule has 4 atom stereocenters. The summed E-state index contributed by atoms with van der Waals surface area (Å²) in [6.45, 7) is 4.48. The van der Waals surface area contributed by atoms with Gasteiger partial charge in [-0.05, 0) is 51.4 Å². The molecule has 2 aliphatic heterocycles. The smallest absolute Gasteiger partial charge is 0.325 e. The van der Waals surface area contributed by atoms with Gasteiger partial charge >= 0.3 is 11.9 Å². The summed E-state index contributed by atoms with van der Waals surface area (Å²) < 4.78 is 33.4. The number of rotatable bonds is 0. The van der Waals surface area contributed by atoms with Crippen LogP contribution >= 0.6 is 0 Å².